The molecule has 1 aliphatic rings. The Hall–Kier alpha value is -1.50. The van der Waals surface area contributed by atoms with E-state index in [0.717, 1.165) is 12.2 Å². The summed E-state index contributed by atoms with van der Waals surface area (Å²) in [6, 6.07) is 3.13. The SMILES string of the molecule is CSCC[C@H](C)NC(=O)N1CCN(c2ncccc2F)CC1. The van der Waals surface area contributed by atoms with Crippen molar-refractivity contribution in [3.63, 3.8) is 0 Å². The van der Waals surface area contributed by atoms with Gasteiger partial charge < -0.3 is 15.1 Å². The molecular weight excluding hydrogens is 303 g/mol. The van der Waals surface area contributed by atoms with E-state index in [1.807, 2.05) is 11.8 Å². The molecule has 2 amide bonds. The highest BCUT2D eigenvalue weighted by atomic mass is 32.2. The first-order valence-electron chi connectivity index (χ1n) is 7.51. The number of nitrogens with zero attached hydrogens (tertiary/aromatic N) is 3. The van der Waals surface area contributed by atoms with E-state index in [-0.39, 0.29) is 17.9 Å². The fourth-order valence-electron chi connectivity index (χ4n) is 2.40. The van der Waals surface area contributed by atoms with Crippen LogP contribution >= 0.6 is 11.8 Å². The molecule has 122 valence electrons. The van der Waals surface area contributed by atoms with E-state index in [2.05, 4.69) is 16.6 Å². The van der Waals surface area contributed by atoms with E-state index in [1.54, 1.807) is 28.9 Å². The van der Waals surface area contributed by atoms with Crippen molar-refractivity contribution in [2.75, 3.05) is 43.1 Å². The van der Waals surface area contributed by atoms with Crippen molar-refractivity contribution >= 4 is 23.6 Å². The summed E-state index contributed by atoms with van der Waals surface area (Å²) in [7, 11) is 0. The van der Waals surface area contributed by atoms with Crippen LogP contribution in [0.15, 0.2) is 18.3 Å². The van der Waals surface area contributed by atoms with Crippen molar-refractivity contribution in [2.45, 2.75) is 19.4 Å². The Morgan fingerprint density at radius 3 is 2.82 bits per heavy atom. The van der Waals surface area contributed by atoms with Gasteiger partial charge in [0.2, 0.25) is 0 Å². The standard InChI is InChI=1S/C15H23FN4OS/c1-12(5-11-22-2)18-15(21)20-9-7-19(8-10-20)14-13(16)4-3-6-17-14/h3-4,6,12H,5,7-11H2,1-2H3,(H,18,21)/t12-/m0/s1. The lowest BCUT2D eigenvalue weighted by atomic mass is 10.2. The zero-order chi connectivity index (χ0) is 15.9. The van der Waals surface area contributed by atoms with Crippen LogP contribution in [-0.2, 0) is 0 Å². The summed E-state index contributed by atoms with van der Waals surface area (Å²) in [5.41, 5.74) is 0. The molecule has 7 heteroatoms. The summed E-state index contributed by atoms with van der Waals surface area (Å²) in [6.45, 7) is 4.38. The maximum atomic E-state index is 13.7. The molecule has 1 aromatic rings. The first-order valence-corrected chi connectivity index (χ1v) is 8.91. The van der Waals surface area contributed by atoms with Gasteiger partial charge in [-0.05, 0) is 37.5 Å². The molecule has 5 nitrogen and oxygen atoms in total. The Morgan fingerprint density at radius 1 is 1.45 bits per heavy atom. The number of nitrogens with one attached hydrogen (secondary N) is 1. The first kappa shape index (κ1) is 16.9. The predicted molar refractivity (Wildman–Crippen MR) is 89.0 cm³/mol. The zero-order valence-electron chi connectivity index (χ0n) is 13.1. The van der Waals surface area contributed by atoms with E-state index in [9.17, 15) is 9.18 Å². The molecule has 22 heavy (non-hydrogen) atoms. The maximum absolute atomic E-state index is 13.7. The zero-order valence-corrected chi connectivity index (χ0v) is 13.9. The van der Waals surface area contributed by atoms with Crippen molar-refractivity contribution in [3.05, 3.63) is 24.1 Å². The van der Waals surface area contributed by atoms with Crippen molar-refractivity contribution in [1.82, 2.24) is 15.2 Å². The third-order valence-electron chi connectivity index (χ3n) is 3.73. The second-order valence-corrected chi connectivity index (χ2v) is 6.40. The fraction of sp³-hybridized carbons (Fsp3) is 0.600. The van der Waals surface area contributed by atoms with Crippen LogP contribution in [0.4, 0.5) is 15.0 Å². The predicted octanol–water partition coefficient (Wildman–Crippen LogP) is 2.19. The van der Waals surface area contributed by atoms with Gasteiger partial charge in [0, 0.05) is 38.4 Å². The van der Waals surface area contributed by atoms with Gasteiger partial charge in [-0.1, -0.05) is 0 Å². The molecule has 1 N–H and O–H groups in total. The highest BCUT2D eigenvalue weighted by Gasteiger charge is 2.23. The molecule has 0 aliphatic carbocycles. The molecule has 0 unspecified atom stereocenters. The Kier molecular flexibility index (Phi) is 6.30. The minimum atomic E-state index is -0.314. The number of piperazine rings is 1. The van der Waals surface area contributed by atoms with Crippen molar-refractivity contribution in [1.29, 1.82) is 0 Å². The van der Waals surface area contributed by atoms with Gasteiger partial charge in [0.1, 0.15) is 0 Å². The lowest BCUT2D eigenvalue weighted by Gasteiger charge is -2.36. The highest BCUT2D eigenvalue weighted by molar-refractivity contribution is 7.98. The lowest BCUT2D eigenvalue weighted by molar-refractivity contribution is 0.190. The number of aromatic nitrogens is 1. The molecule has 0 saturated carbocycles. The summed E-state index contributed by atoms with van der Waals surface area (Å²) in [4.78, 5) is 19.9. The number of amides is 2. The van der Waals surface area contributed by atoms with Crippen LogP contribution < -0.4 is 10.2 Å². The van der Waals surface area contributed by atoms with Crippen LogP contribution in [0.1, 0.15) is 13.3 Å². The summed E-state index contributed by atoms with van der Waals surface area (Å²) in [5.74, 6) is 1.09. The lowest BCUT2D eigenvalue weighted by Crippen LogP contribution is -2.53. The normalized spacial score (nSPS) is 16.5. The number of hydrogen-bond acceptors (Lipinski definition) is 4. The summed E-state index contributed by atoms with van der Waals surface area (Å²) in [6.07, 6.45) is 4.61. The van der Waals surface area contributed by atoms with Gasteiger partial charge in [0.25, 0.3) is 0 Å². The van der Waals surface area contributed by atoms with Crippen LogP contribution in [0.25, 0.3) is 0 Å². The van der Waals surface area contributed by atoms with Crippen molar-refractivity contribution in [2.24, 2.45) is 0 Å². The third kappa shape index (κ3) is 4.50. The quantitative estimate of drug-likeness (QED) is 0.901. The van der Waals surface area contributed by atoms with Gasteiger partial charge in [-0.25, -0.2) is 14.2 Å². The number of carbonyl (C=O) groups is 1. The fourth-order valence-corrected chi connectivity index (χ4v) is 2.99. The largest absolute Gasteiger partial charge is 0.351 e. The molecule has 0 bridgehead atoms. The maximum Gasteiger partial charge on any atom is 0.317 e. The molecule has 0 aromatic carbocycles. The average Bonchev–Trinajstić information content (AvgIpc) is 2.53. The Balaban J connectivity index is 1.82. The van der Waals surface area contributed by atoms with Crippen molar-refractivity contribution < 1.29 is 9.18 Å². The van der Waals surface area contributed by atoms with Crippen LogP contribution in [0.3, 0.4) is 0 Å². The summed E-state index contributed by atoms with van der Waals surface area (Å²) >= 11 is 1.78. The van der Waals surface area contributed by atoms with Crippen LogP contribution in [-0.4, -0.2) is 60.1 Å². The summed E-state index contributed by atoms with van der Waals surface area (Å²) in [5, 5.41) is 3.02. The molecule has 2 heterocycles. The second kappa shape index (κ2) is 8.22. The van der Waals surface area contributed by atoms with Gasteiger partial charge >= 0.3 is 6.03 Å². The van der Waals surface area contributed by atoms with Crippen LogP contribution in [0.5, 0.6) is 0 Å². The molecular formula is C15H23FN4OS. The van der Waals surface area contributed by atoms with Crippen LogP contribution in [0.2, 0.25) is 0 Å². The van der Waals surface area contributed by atoms with E-state index < -0.39 is 0 Å². The molecule has 1 aliphatic heterocycles. The smallest absolute Gasteiger partial charge is 0.317 e. The van der Waals surface area contributed by atoms with E-state index >= 15 is 0 Å². The minimum Gasteiger partial charge on any atom is -0.351 e. The first-order chi connectivity index (χ1) is 10.6. The monoisotopic (exact) mass is 326 g/mol. The molecule has 1 aromatic heterocycles. The number of urea groups is 1. The topological polar surface area (TPSA) is 48.5 Å². The molecule has 1 atom stereocenters. The second-order valence-electron chi connectivity index (χ2n) is 5.41. The number of anilines is 1. The van der Waals surface area contributed by atoms with Gasteiger partial charge in [0.05, 0.1) is 0 Å². The number of rotatable bonds is 5. The van der Waals surface area contributed by atoms with Gasteiger partial charge in [-0.3, -0.25) is 0 Å². The van der Waals surface area contributed by atoms with Gasteiger partial charge in [0.15, 0.2) is 11.6 Å². The third-order valence-corrected chi connectivity index (χ3v) is 4.37. The molecule has 2 rings (SSSR count). The molecule has 1 fully saturated rings. The molecule has 0 radical (unpaired) electrons. The highest BCUT2D eigenvalue weighted by Crippen LogP contribution is 2.17. The summed E-state index contributed by atoms with van der Waals surface area (Å²) < 4.78 is 13.7. The van der Waals surface area contributed by atoms with Gasteiger partial charge in [-0.15, -0.1) is 0 Å². The van der Waals surface area contributed by atoms with Crippen LogP contribution in [0, 0.1) is 5.82 Å². The number of hydrogen-bond donors (Lipinski definition) is 1. The van der Waals surface area contributed by atoms with E-state index in [0.29, 0.717) is 32.0 Å². The number of pyridine rings is 1. The van der Waals surface area contributed by atoms with E-state index in [4.69, 9.17) is 0 Å². The van der Waals surface area contributed by atoms with E-state index in [1.165, 1.54) is 6.07 Å². The minimum absolute atomic E-state index is 0.0326. The Labute approximate surface area is 135 Å². The molecule has 0 spiro atoms. The molecule has 1 saturated heterocycles. The number of halogens is 1. The number of thioether (sulfide) groups is 1. The van der Waals surface area contributed by atoms with Crippen molar-refractivity contribution in [3.8, 4) is 0 Å². The number of carbonyl (C=O) groups excluding carboxylic acids is 1. The Bertz CT molecular complexity index is 494. The Morgan fingerprint density at radius 2 is 2.18 bits per heavy atom. The average molecular weight is 326 g/mol. The van der Waals surface area contributed by atoms with Gasteiger partial charge in [-0.2, -0.15) is 11.8 Å².